The Balaban J connectivity index is 1.58. The van der Waals surface area contributed by atoms with Gasteiger partial charge in [-0.25, -0.2) is 5.01 Å². The highest BCUT2D eigenvalue weighted by Crippen LogP contribution is 2.36. The third-order valence-electron chi connectivity index (χ3n) is 4.62. The molecule has 1 aliphatic heterocycles. The van der Waals surface area contributed by atoms with Crippen LogP contribution in [-0.2, 0) is 4.79 Å². The minimum atomic E-state index is -0.286. The lowest BCUT2D eigenvalue weighted by Gasteiger charge is -2.21. The fourth-order valence-electron chi connectivity index (χ4n) is 3.22. The number of hydrogen-bond donors (Lipinski definition) is 0. The lowest BCUT2D eigenvalue weighted by atomic mass is 10.0. The summed E-state index contributed by atoms with van der Waals surface area (Å²) in [6.07, 6.45) is 1.28. The number of thiophene rings is 1. The van der Waals surface area contributed by atoms with Crippen molar-refractivity contribution in [3.63, 3.8) is 0 Å². The van der Waals surface area contributed by atoms with Gasteiger partial charge in [0, 0.05) is 21.9 Å². The fourth-order valence-corrected chi connectivity index (χ4v) is 4.27. The third kappa shape index (κ3) is 4.09. The molecular weight excluding hydrogens is 408 g/mol. The zero-order valence-corrected chi connectivity index (χ0v) is 16.9. The lowest BCUT2D eigenvalue weighted by molar-refractivity contribution is -0.135. The minimum absolute atomic E-state index is 0.210. The van der Waals surface area contributed by atoms with E-state index in [-0.39, 0.29) is 18.6 Å². The van der Waals surface area contributed by atoms with Crippen LogP contribution in [0, 0.1) is 0 Å². The first-order valence-electron chi connectivity index (χ1n) is 9.02. The highest BCUT2D eigenvalue weighted by molar-refractivity contribution is 7.10. The summed E-state index contributed by atoms with van der Waals surface area (Å²) in [7, 11) is 0. The molecule has 1 unspecified atom stereocenters. The maximum Gasteiger partial charge on any atom is 0.281 e. The number of aldehydes is 1. The smallest absolute Gasteiger partial charge is 0.281 e. The van der Waals surface area contributed by atoms with E-state index in [0.29, 0.717) is 29.0 Å². The fraction of sp³-hybridized carbons (Fsp3) is 0.136. The molecule has 1 atom stereocenters. The lowest BCUT2D eigenvalue weighted by Crippen LogP contribution is -2.31. The first-order chi connectivity index (χ1) is 14.2. The van der Waals surface area contributed by atoms with Crippen molar-refractivity contribution in [2.24, 2.45) is 5.10 Å². The van der Waals surface area contributed by atoms with E-state index in [2.05, 4.69) is 5.10 Å². The maximum absolute atomic E-state index is 13.0. The molecule has 0 aliphatic carbocycles. The van der Waals surface area contributed by atoms with Gasteiger partial charge in [0.05, 0.1) is 17.3 Å². The van der Waals surface area contributed by atoms with Gasteiger partial charge in [0.25, 0.3) is 5.91 Å². The van der Waals surface area contributed by atoms with Gasteiger partial charge in [-0.2, -0.15) is 5.10 Å². The Kier molecular flexibility index (Phi) is 5.74. The monoisotopic (exact) mass is 424 g/mol. The first kappa shape index (κ1) is 19.4. The highest BCUT2D eigenvalue weighted by Gasteiger charge is 2.34. The van der Waals surface area contributed by atoms with E-state index >= 15 is 0 Å². The third-order valence-corrected chi connectivity index (χ3v) is 5.92. The summed E-state index contributed by atoms with van der Waals surface area (Å²) in [5.41, 5.74) is 1.98. The molecule has 2 aromatic carbocycles. The average molecular weight is 425 g/mol. The molecule has 1 amide bonds. The van der Waals surface area contributed by atoms with Gasteiger partial charge in [0.15, 0.2) is 12.9 Å². The SMILES string of the molecule is O=Cc1ccccc1OCC(=O)N1N=C(c2ccccc2Cl)CC1c1cccs1. The molecule has 1 aliphatic rings. The molecule has 29 heavy (non-hydrogen) atoms. The number of rotatable bonds is 6. The average Bonchev–Trinajstić information content (AvgIpc) is 3.42. The van der Waals surface area contributed by atoms with Gasteiger partial charge in [-0.1, -0.05) is 48.0 Å². The van der Waals surface area contributed by atoms with Crippen LogP contribution < -0.4 is 4.74 Å². The molecule has 2 heterocycles. The maximum atomic E-state index is 13.0. The zero-order valence-electron chi connectivity index (χ0n) is 15.3. The number of para-hydroxylation sites is 1. The van der Waals surface area contributed by atoms with E-state index in [9.17, 15) is 9.59 Å². The van der Waals surface area contributed by atoms with E-state index in [1.165, 1.54) is 5.01 Å². The number of halogens is 1. The normalized spacial score (nSPS) is 15.8. The Morgan fingerprint density at radius 1 is 1.17 bits per heavy atom. The molecule has 0 fully saturated rings. The van der Waals surface area contributed by atoms with Crippen LogP contribution in [0.2, 0.25) is 5.02 Å². The quantitative estimate of drug-likeness (QED) is 0.525. The van der Waals surface area contributed by atoms with Crippen molar-refractivity contribution in [2.75, 3.05) is 6.61 Å². The van der Waals surface area contributed by atoms with Crippen molar-refractivity contribution < 1.29 is 14.3 Å². The topological polar surface area (TPSA) is 59.0 Å². The van der Waals surface area contributed by atoms with Crippen molar-refractivity contribution in [3.8, 4) is 5.75 Å². The van der Waals surface area contributed by atoms with Gasteiger partial charge >= 0.3 is 0 Å². The van der Waals surface area contributed by atoms with Crippen molar-refractivity contribution in [1.82, 2.24) is 5.01 Å². The number of carbonyl (C=O) groups excluding carboxylic acids is 2. The van der Waals surface area contributed by atoms with E-state index in [1.54, 1.807) is 35.6 Å². The Morgan fingerprint density at radius 2 is 1.97 bits per heavy atom. The largest absolute Gasteiger partial charge is 0.483 e. The molecule has 0 N–H and O–H groups in total. The Morgan fingerprint density at radius 3 is 2.72 bits per heavy atom. The predicted molar refractivity (Wildman–Crippen MR) is 114 cm³/mol. The van der Waals surface area contributed by atoms with Crippen LogP contribution in [0.3, 0.4) is 0 Å². The summed E-state index contributed by atoms with van der Waals surface area (Å²) in [5.74, 6) is 0.0872. The molecule has 4 rings (SSSR count). The number of ether oxygens (including phenoxy) is 1. The number of hydrogen-bond acceptors (Lipinski definition) is 5. The molecule has 0 spiro atoms. The van der Waals surface area contributed by atoms with Gasteiger partial charge in [-0.3, -0.25) is 9.59 Å². The second-order valence-electron chi connectivity index (χ2n) is 6.44. The highest BCUT2D eigenvalue weighted by atomic mass is 35.5. The van der Waals surface area contributed by atoms with Crippen molar-refractivity contribution in [1.29, 1.82) is 0 Å². The van der Waals surface area contributed by atoms with E-state index < -0.39 is 0 Å². The van der Waals surface area contributed by atoms with E-state index in [1.807, 2.05) is 41.8 Å². The molecular formula is C22H17ClN2O3S. The van der Waals surface area contributed by atoms with Crippen LogP contribution >= 0.6 is 22.9 Å². The van der Waals surface area contributed by atoms with Gasteiger partial charge in [-0.15, -0.1) is 11.3 Å². The van der Waals surface area contributed by atoms with E-state index in [0.717, 1.165) is 16.2 Å². The second kappa shape index (κ2) is 8.59. The van der Waals surface area contributed by atoms with Gasteiger partial charge in [0.1, 0.15) is 5.75 Å². The van der Waals surface area contributed by atoms with Crippen molar-refractivity contribution >= 4 is 40.8 Å². The Hall–Kier alpha value is -2.96. The number of hydrazone groups is 1. The first-order valence-corrected chi connectivity index (χ1v) is 10.3. The number of benzene rings is 2. The summed E-state index contributed by atoms with van der Waals surface area (Å²) >= 11 is 7.92. The molecule has 0 saturated carbocycles. The molecule has 3 aromatic rings. The van der Waals surface area contributed by atoms with Crippen LogP contribution in [0.1, 0.15) is 33.3 Å². The molecule has 146 valence electrons. The molecule has 0 saturated heterocycles. The van der Waals surface area contributed by atoms with Gasteiger partial charge in [-0.05, 0) is 29.6 Å². The molecule has 0 radical (unpaired) electrons. The van der Waals surface area contributed by atoms with Crippen molar-refractivity contribution in [3.05, 3.63) is 87.1 Å². The van der Waals surface area contributed by atoms with Crippen LogP contribution in [0.25, 0.3) is 0 Å². The Bertz CT molecular complexity index is 1070. The van der Waals surface area contributed by atoms with Crippen LogP contribution in [0.4, 0.5) is 0 Å². The van der Waals surface area contributed by atoms with Crippen LogP contribution in [0.5, 0.6) is 5.75 Å². The van der Waals surface area contributed by atoms with Gasteiger partial charge in [0.2, 0.25) is 0 Å². The number of amides is 1. The number of nitrogens with zero attached hydrogens (tertiary/aromatic N) is 2. The molecule has 7 heteroatoms. The predicted octanol–water partition coefficient (Wildman–Crippen LogP) is 4.97. The standard InChI is InChI=1S/C22H17ClN2O3S/c23-17-8-3-2-7-16(17)18-12-19(21-10-5-11-29-21)25(24-18)22(27)14-28-20-9-4-1-6-15(20)13-26/h1-11,13,19H,12,14H2. The number of carbonyl (C=O) groups is 2. The molecule has 1 aromatic heterocycles. The summed E-state index contributed by atoms with van der Waals surface area (Å²) < 4.78 is 5.62. The van der Waals surface area contributed by atoms with Gasteiger partial charge < -0.3 is 4.74 Å². The Labute approximate surface area is 177 Å². The molecule has 5 nitrogen and oxygen atoms in total. The summed E-state index contributed by atoms with van der Waals surface area (Å²) in [4.78, 5) is 25.2. The second-order valence-corrected chi connectivity index (χ2v) is 7.83. The minimum Gasteiger partial charge on any atom is -0.483 e. The summed E-state index contributed by atoms with van der Waals surface area (Å²) in [5, 5.41) is 8.62. The van der Waals surface area contributed by atoms with Crippen LogP contribution in [0.15, 0.2) is 71.1 Å². The summed E-state index contributed by atoms with van der Waals surface area (Å²) in [6, 6.07) is 18.0. The zero-order chi connectivity index (χ0) is 20.2. The summed E-state index contributed by atoms with van der Waals surface area (Å²) in [6.45, 7) is -0.216. The van der Waals surface area contributed by atoms with Crippen molar-refractivity contribution in [2.45, 2.75) is 12.5 Å². The van der Waals surface area contributed by atoms with E-state index in [4.69, 9.17) is 16.3 Å². The molecule has 0 bridgehead atoms. The van der Waals surface area contributed by atoms with Crippen LogP contribution in [-0.4, -0.2) is 29.5 Å².